The number of nitrogens with two attached hydrogens (primary N) is 1. The molecule has 0 unspecified atom stereocenters. The number of halogens is 1. The van der Waals surface area contributed by atoms with Crippen LogP contribution in [-0.2, 0) is 6.13 Å². The average molecular weight is 611 g/mol. The predicted molar refractivity (Wildman–Crippen MR) is 143 cm³/mol. The summed E-state index contributed by atoms with van der Waals surface area (Å²) in [6.07, 6.45) is 0. The van der Waals surface area contributed by atoms with Gasteiger partial charge in [0.05, 0.1) is 13.7 Å². The van der Waals surface area contributed by atoms with Crippen molar-refractivity contribution in [2.75, 3.05) is 39.5 Å². The minimum atomic E-state index is -2.21. The molecule has 1 aliphatic rings. The maximum atomic E-state index is 13.0. The Balaban J connectivity index is 1.50. The molecule has 2 aromatic carbocycles. The number of carbonyl (C=O) groups excluding carboxylic acids is 1. The Morgan fingerprint density at radius 1 is 1.19 bits per heavy atom. The van der Waals surface area contributed by atoms with E-state index in [9.17, 15) is 4.79 Å². The fourth-order valence-electron chi connectivity index (χ4n) is 3.69. The molecular formula is C25H30IN3O7. The molecule has 194 valence electrons. The first kappa shape index (κ1) is 26.2. The number of carbonyl (C=O) groups is 1. The predicted octanol–water partition coefficient (Wildman–Crippen LogP) is 3.60. The zero-order valence-electron chi connectivity index (χ0n) is 20.6. The summed E-state index contributed by atoms with van der Waals surface area (Å²) >= 11 is -2.21. The van der Waals surface area contributed by atoms with Crippen LogP contribution in [0.5, 0.6) is 17.2 Å². The third kappa shape index (κ3) is 5.59. The van der Waals surface area contributed by atoms with Gasteiger partial charge in [0.2, 0.25) is 0 Å². The van der Waals surface area contributed by atoms with E-state index in [-0.39, 0.29) is 32.5 Å². The number of nitrogens with one attached hydrogen (secondary N) is 1. The van der Waals surface area contributed by atoms with E-state index in [1.165, 1.54) is 7.11 Å². The topological polar surface area (TPSA) is 134 Å². The number of nitrogens with zero attached hydrogens (tertiary/aromatic N) is 1. The first-order valence-corrected chi connectivity index (χ1v) is 14.1. The number of aliphatic hydroxyl groups is 1. The fraction of sp³-hybridized carbons (Fsp3) is 0.360. The molecule has 1 saturated heterocycles. The van der Waals surface area contributed by atoms with Gasteiger partial charge < -0.3 is 14.6 Å². The number of amides is 1. The molecule has 4 N–H and O–H groups in total. The van der Waals surface area contributed by atoms with Crippen molar-refractivity contribution in [3.63, 3.8) is 0 Å². The zero-order valence-corrected chi connectivity index (χ0v) is 22.7. The molecule has 0 spiro atoms. The number of methoxy groups -OCH3 is 1. The van der Waals surface area contributed by atoms with Crippen LogP contribution in [0.1, 0.15) is 29.9 Å². The molecule has 0 radical (unpaired) electrons. The Labute approximate surface area is 217 Å². The van der Waals surface area contributed by atoms with E-state index in [0.717, 1.165) is 14.8 Å². The van der Waals surface area contributed by atoms with Gasteiger partial charge in [0.25, 0.3) is 0 Å². The van der Waals surface area contributed by atoms with Crippen molar-refractivity contribution in [3.8, 4) is 17.2 Å². The molecule has 0 aliphatic carbocycles. The van der Waals surface area contributed by atoms with Gasteiger partial charge in [-0.2, -0.15) is 0 Å². The summed E-state index contributed by atoms with van der Waals surface area (Å²) in [6.45, 7) is 6.12. The monoisotopic (exact) mass is 611 g/mol. The summed E-state index contributed by atoms with van der Waals surface area (Å²) in [5.74, 6) is 1.13. The molecule has 1 amide bonds. The summed E-state index contributed by atoms with van der Waals surface area (Å²) in [6, 6.07) is 10.4. The second-order valence-electron chi connectivity index (χ2n) is 8.69. The minimum absolute atomic E-state index is 0.122. The van der Waals surface area contributed by atoms with E-state index in [2.05, 4.69) is 10.3 Å². The SMILES string of the molecule is COc1cc(C(=O)NC(C)(C)COc2cccc3nc(C)c(I4OCO4)c(N)c23)ccc1OCCO. The van der Waals surface area contributed by atoms with Gasteiger partial charge in [-0.1, -0.05) is 0 Å². The maximum absolute atomic E-state index is 13.0. The van der Waals surface area contributed by atoms with E-state index >= 15 is 0 Å². The molecule has 4 rings (SSSR count). The molecule has 1 fully saturated rings. The summed E-state index contributed by atoms with van der Waals surface area (Å²) in [4.78, 5) is 17.7. The molecule has 0 atom stereocenters. The molecule has 36 heavy (non-hydrogen) atoms. The van der Waals surface area contributed by atoms with Crippen LogP contribution in [0.4, 0.5) is 5.69 Å². The Bertz CT molecular complexity index is 1260. The fourth-order valence-corrected chi connectivity index (χ4v) is 6.32. The number of ether oxygens (including phenoxy) is 3. The number of pyridine rings is 1. The van der Waals surface area contributed by atoms with Crippen LogP contribution in [0.15, 0.2) is 36.4 Å². The Hall–Kier alpha value is -2.87. The van der Waals surface area contributed by atoms with Crippen molar-refractivity contribution in [2.45, 2.75) is 26.3 Å². The first-order chi connectivity index (χ1) is 17.2. The molecule has 1 aliphatic heterocycles. The zero-order chi connectivity index (χ0) is 25.9. The van der Waals surface area contributed by atoms with Crippen LogP contribution in [-0.4, -0.2) is 55.3 Å². The van der Waals surface area contributed by atoms with Gasteiger partial charge in [-0.05, 0) is 0 Å². The van der Waals surface area contributed by atoms with Gasteiger partial charge in [0.15, 0.2) is 5.75 Å². The van der Waals surface area contributed by atoms with E-state index < -0.39 is 26.2 Å². The van der Waals surface area contributed by atoms with Crippen molar-refractivity contribution < 1.29 is 30.2 Å². The second-order valence-corrected chi connectivity index (χ2v) is 12.3. The van der Waals surface area contributed by atoms with Gasteiger partial charge in [-0.15, -0.1) is 0 Å². The Morgan fingerprint density at radius 2 is 1.97 bits per heavy atom. The smallest absolute Gasteiger partial charge is 0.487 e. The average Bonchev–Trinajstić information content (AvgIpc) is 2.82. The summed E-state index contributed by atoms with van der Waals surface area (Å²) < 4.78 is 29.0. The molecule has 10 nitrogen and oxygen atoms in total. The van der Waals surface area contributed by atoms with Crippen molar-refractivity contribution in [2.24, 2.45) is 0 Å². The van der Waals surface area contributed by atoms with Gasteiger partial charge in [0, 0.05) is 0 Å². The number of anilines is 1. The number of nitrogen functional groups attached to an aromatic ring is 1. The number of hydrogen-bond acceptors (Lipinski definition) is 9. The van der Waals surface area contributed by atoms with Crippen LogP contribution < -0.4 is 25.3 Å². The van der Waals surface area contributed by atoms with E-state index in [1.54, 1.807) is 18.2 Å². The summed E-state index contributed by atoms with van der Waals surface area (Å²) in [5, 5.41) is 12.7. The molecule has 2 heterocycles. The number of aliphatic hydroxyl groups excluding tert-OH is 1. The van der Waals surface area contributed by atoms with Crippen LogP contribution >= 0.6 is 20.6 Å². The molecule has 0 saturated carbocycles. The van der Waals surface area contributed by atoms with E-state index in [1.807, 2.05) is 39.0 Å². The van der Waals surface area contributed by atoms with E-state index in [4.69, 9.17) is 31.2 Å². The Kier molecular flexibility index (Phi) is 8.03. The number of fused-ring (bicyclic) bond motifs is 1. The molecule has 11 heteroatoms. The quantitative estimate of drug-likeness (QED) is 0.294. The van der Waals surface area contributed by atoms with Crippen LogP contribution in [0.25, 0.3) is 10.9 Å². The Morgan fingerprint density at radius 3 is 2.64 bits per heavy atom. The molecular weight excluding hydrogens is 581 g/mol. The molecule has 0 bridgehead atoms. The van der Waals surface area contributed by atoms with Crippen molar-refractivity contribution in [3.05, 3.63) is 51.2 Å². The number of rotatable bonds is 10. The van der Waals surface area contributed by atoms with Crippen molar-refractivity contribution in [1.82, 2.24) is 10.3 Å². The van der Waals surface area contributed by atoms with Crippen molar-refractivity contribution >= 4 is 43.1 Å². The number of aryl methyl sites for hydroxylation is 1. The normalized spacial score (nSPS) is 14.3. The molecule has 1 aromatic heterocycles. The van der Waals surface area contributed by atoms with Gasteiger partial charge in [0.1, 0.15) is 6.61 Å². The molecule has 3 aromatic rings. The van der Waals surface area contributed by atoms with Crippen molar-refractivity contribution in [1.29, 1.82) is 0 Å². The van der Waals surface area contributed by atoms with Crippen LogP contribution in [0.2, 0.25) is 0 Å². The number of benzene rings is 2. The van der Waals surface area contributed by atoms with Crippen LogP contribution in [0.3, 0.4) is 0 Å². The van der Waals surface area contributed by atoms with Gasteiger partial charge in [-0.3, -0.25) is 0 Å². The first-order valence-electron chi connectivity index (χ1n) is 11.3. The number of aromatic nitrogens is 1. The third-order valence-electron chi connectivity index (χ3n) is 5.37. The minimum Gasteiger partial charge on any atom is -0.487 e. The standard InChI is InChI=1S/C25H30IN3O7/c1-15-22(26-35-14-36-26)23(27)21-17(28-15)6-5-7-19(21)34-13-25(2,3)29-24(31)16-8-9-18(33-11-10-30)20(12-16)32-4/h5-9,12,30H,10-11,13-14H2,1-4H3,(H2,27,28)(H,29,31). The summed E-state index contributed by atoms with van der Waals surface area (Å²) in [5.41, 5.74) is 8.33. The third-order valence-corrected chi connectivity index (χ3v) is 9.25. The summed E-state index contributed by atoms with van der Waals surface area (Å²) in [7, 11) is 1.49. The van der Waals surface area contributed by atoms with E-state index in [0.29, 0.717) is 33.9 Å². The second kappa shape index (κ2) is 11.0. The number of hydrogen-bond donors (Lipinski definition) is 3. The van der Waals surface area contributed by atoms with Gasteiger partial charge >= 0.3 is 177 Å². The van der Waals surface area contributed by atoms with Gasteiger partial charge in [-0.25, -0.2) is 0 Å². The van der Waals surface area contributed by atoms with Crippen LogP contribution in [0, 0.1) is 10.5 Å².